The van der Waals surface area contributed by atoms with E-state index in [0.717, 1.165) is 17.0 Å². The van der Waals surface area contributed by atoms with Gasteiger partial charge in [0.1, 0.15) is 5.75 Å². The zero-order chi connectivity index (χ0) is 15.9. The van der Waals surface area contributed by atoms with E-state index in [1.54, 1.807) is 0 Å². The van der Waals surface area contributed by atoms with Crippen LogP contribution < -0.4 is 15.4 Å². The van der Waals surface area contributed by atoms with Crippen molar-refractivity contribution >= 4 is 11.6 Å². The number of amides is 1. The Morgan fingerprint density at radius 1 is 1.36 bits per heavy atom. The lowest BCUT2D eigenvalue weighted by molar-refractivity contribution is -0.126. The van der Waals surface area contributed by atoms with E-state index in [4.69, 9.17) is 10.5 Å². The lowest BCUT2D eigenvalue weighted by atomic mass is 10.0. The van der Waals surface area contributed by atoms with Crippen molar-refractivity contribution in [3.63, 3.8) is 0 Å². The monoisotopic (exact) mass is 302 g/mol. The summed E-state index contributed by atoms with van der Waals surface area (Å²) in [7, 11) is 0. The van der Waals surface area contributed by atoms with Crippen molar-refractivity contribution < 1.29 is 9.53 Å². The van der Waals surface area contributed by atoms with Crippen LogP contribution in [0.5, 0.6) is 5.75 Å². The van der Waals surface area contributed by atoms with Crippen molar-refractivity contribution in [3.8, 4) is 5.75 Å². The fraction of sp³-hybridized carbons (Fsp3) is 0.611. The van der Waals surface area contributed by atoms with Crippen molar-refractivity contribution in [1.29, 1.82) is 0 Å². The Labute approximate surface area is 132 Å². The van der Waals surface area contributed by atoms with Crippen LogP contribution in [0.3, 0.4) is 0 Å². The maximum atomic E-state index is 12.7. The van der Waals surface area contributed by atoms with Gasteiger partial charge in [0.15, 0.2) is 6.10 Å². The van der Waals surface area contributed by atoms with Gasteiger partial charge in [0.25, 0.3) is 5.91 Å². The van der Waals surface area contributed by atoms with Crippen LogP contribution in [0.1, 0.15) is 51.6 Å². The Bertz CT molecular complexity index is 566. The second-order valence-corrected chi connectivity index (χ2v) is 6.95. The van der Waals surface area contributed by atoms with E-state index >= 15 is 0 Å². The number of hydrogen-bond acceptors (Lipinski definition) is 3. The standard InChI is InChI=1S/C18H26N2O2/c1-4-15-18(21)20(10-11(2)3)14-9-13(7-8-16(14)22-15)17(19)12-5-6-12/h7-9,11-12,15,17H,4-6,10,19H2,1-3H3. The number of benzene rings is 1. The minimum absolute atomic E-state index is 0.0702. The number of carbonyl (C=O) groups excluding carboxylic acids is 1. The van der Waals surface area contributed by atoms with Crippen LogP contribution in [-0.2, 0) is 4.79 Å². The summed E-state index contributed by atoms with van der Waals surface area (Å²) in [5, 5.41) is 0. The van der Waals surface area contributed by atoms with Crippen molar-refractivity contribution in [3.05, 3.63) is 23.8 Å². The number of rotatable bonds is 5. The predicted octanol–water partition coefficient (Wildman–Crippen LogP) is 3.26. The van der Waals surface area contributed by atoms with Crippen LogP contribution >= 0.6 is 0 Å². The molecule has 0 bridgehead atoms. The van der Waals surface area contributed by atoms with Gasteiger partial charge in [-0.3, -0.25) is 4.79 Å². The fourth-order valence-electron chi connectivity index (χ4n) is 3.09. The molecule has 1 aliphatic carbocycles. The first kappa shape index (κ1) is 15.3. The smallest absolute Gasteiger partial charge is 0.268 e. The number of carbonyl (C=O) groups is 1. The van der Waals surface area contributed by atoms with Crippen LogP contribution in [0.4, 0.5) is 5.69 Å². The molecular weight excluding hydrogens is 276 g/mol. The zero-order valence-corrected chi connectivity index (χ0v) is 13.7. The van der Waals surface area contributed by atoms with Crippen LogP contribution in [0, 0.1) is 11.8 Å². The van der Waals surface area contributed by atoms with E-state index < -0.39 is 0 Å². The number of nitrogens with two attached hydrogens (primary N) is 1. The Morgan fingerprint density at radius 3 is 2.68 bits per heavy atom. The molecule has 1 aromatic carbocycles. The molecule has 4 nitrogen and oxygen atoms in total. The van der Waals surface area contributed by atoms with Crippen LogP contribution in [0.2, 0.25) is 0 Å². The van der Waals surface area contributed by atoms with Crippen LogP contribution in [-0.4, -0.2) is 18.6 Å². The number of ether oxygens (including phenoxy) is 1. The Hall–Kier alpha value is -1.55. The molecular formula is C18H26N2O2. The second-order valence-electron chi connectivity index (χ2n) is 6.95. The van der Waals surface area contributed by atoms with E-state index in [1.165, 1.54) is 12.8 Å². The molecule has 2 aliphatic rings. The van der Waals surface area contributed by atoms with Crippen molar-refractivity contribution in [2.45, 2.75) is 52.2 Å². The molecule has 1 heterocycles. The highest BCUT2D eigenvalue weighted by Gasteiger charge is 2.35. The number of nitrogens with zero attached hydrogens (tertiary/aromatic N) is 1. The molecule has 22 heavy (non-hydrogen) atoms. The summed E-state index contributed by atoms with van der Waals surface area (Å²) in [6.07, 6.45) is 2.74. The molecule has 120 valence electrons. The maximum absolute atomic E-state index is 12.7. The first-order chi connectivity index (χ1) is 10.5. The molecule has 0 spiro atoms. The van der Waals surface area contributed by atoms with Gasteiger partial charge in [-0.2, -0.15) is 0 Å². The fourth-order valence-corrected chi connectivity index (χ4v) is 3.09. The van der Waals surface area contributed by atoms with Gasteiger partial charge in [0, 0.05) is 12.6 Å². The highest BCUT2D eigenvalue weighted by atomic mass is 16.5. The van der Waals surface area contributed by atoms with Crippen LogP contribution in [0.15, 0.2) is 18.2 Å². The molecule has 1 saturated carbocycles. The second kappa shape index (κ2) is 5.92. The molecule has 2 unspecified atom stereocenters. The first-order valence-electron chi connectivity index (χ1n) is 8.38. The number of hydrogen-bond donors (Lipinski definition) is 1. The van der Waals surface area contributed by atoms with Crippen molar-refractivity contribution in [1.82, 2.24) is 0 Å². The average molecular weight is 302 g/mol. The quantitative estimate of drug-likeness (QED) is 0.908. The topological polar surface area (TPSA) is 55.6 Å². The third-order valence-corrected chi connectivity index (χ3v) is 4.52. The van der Waals surface area contributed by atoms with Gasteiger partial charge in [-0.15, -0.1) is 0 Å². The largest absolute Gasteiger partial charge is 0.478 e. The average Bonchev–Trinajstić information content (AvgIpc) is 3.33. The van der Waals surface area contributed by atoms with Crippen molar-refractivity contribution in [2.24, 2.45) is 17.6 Å². The Morgan fingerprint density at radius 2 is 2.09 bits per heavy atom. The minimum Gasteiger partial charge on any atom is -0.478 e. The minimum atomic E-state index is -0.366. The molecule has 0 radical (unpaired) electrons. The molecule has 0 aromatic heterocycles. The van der Waals surface area contributed by atoms with Gasteiger partial charge in [-0.25, -0.2) is 0 Å². The molecule has 0 saturated heterocycles. The highest BCUT2D eigenvalue weighted by Crippen LogP contribution is 2.43. The SMILES string of the molecule is CCC1Oc2ccc(C(N)C3CC3)cc2N(CC(C)C)C1=O. The van der Waals surface area contributed by atoms with Gasteiger partial charge in [-0.1, -0.05) is 26.8 Å². The predicted molar refractivity (Wildman–Crippen MR) is 88.0 cm³/mol. The Kier molecular flexibility index (Phi) is 4.13. The molecule has 3 rings (SSSR count). The number of anilines is 1. The summed E-state index contributed by atoms with van der Waals surface area (Å²) >= 11 is 0. The van der Waals surface area contributed by atoms with Gasteiger partial charge < -0.3 is 15.4 Å². The van der Waals surface area contributed by atoms with Crippen LogP contribution in [0.25, 0.3) is 0 Å². The van der Waals surface area contributed by atoms with E-state index in [-0.39, 0.29) is 18.1 Å². The molecule has 2 N–H and O–H groups in total. The summed E-state index contributed by atoms with van der Waals surface area (Å²) in [5.41, 5.74) is 8.32. The third-order valence-electron chi connectivity index (χ3n) is 4.52. The molecule has 1 amide bonds. The lowest BCUT2D eigenvalue weighted by Crippen LogP contribution is -2.47. The summed E-state index contributed by atoms with van der Waals surface area (Å²) < 4.78 is 5.88. The van der Waals surface area contributed by atoms with E-state index in [2.05, 4.69) is 26.0 Å². The normalized spacial score (nSPS) is 22.5. The molecule has 1 aromatic rings. The maximum Gasteiger partial charge on any atom is 0.268 e. The summed E-state index contributed by atoms with van der Waals surface area (Å²) in [6.45, 7) is 6.96. The first-order valence-corrected chi connectivity index (χ1v) is 8.38. The summed E-state index contributed by atoms with van der Waals surface area (Å²) in [5.74, 6) is 1.88. The Balaban J connectivity index is 1.96. The zero-order valence-electron chi connectivity index (χ0n) is 13.7. The van der Waals surface area contributed by atoms with Crippen molar-refractivity contribution in [2.75, 3.05) is 11.4 Å². The highest BCUT2D eigenvalue weighted by molar-refractivity contribution is 6.00. The molecule has 2 atom stereocenters. The summed E-state index contributed by atoms with van der Waals surface area (Å²) in [4.78, 5) is 14.5. The van der Waals surface area contributed by atoms with E-state index in [9.17, 15) is 4.79 Å². The van der Waals surface area contributed by atoms with Gasteiger partial charge >= 0.3 is 0 Å². The van der Waals surface area contributed by atoms with Gasteiger partial charge in [0.2, 0.25) is 0 Å². The van der Waals surface area contributed by atoms with E-state index in [1.807, 2.05) is 17.9 Å². The van der Waals surface area contributed by atoms with Gasteiger partial charge in [-0.05, 0) is 48.8 Å². The summed E-state index contributed by atoms with van der Waals surface area (Å²) in [6, 6.07) is 6.17. The number of fused-ring (bicyclic) bond motifs is 1. The molecule has 1 fully saturated rings. The van der Waals surface area contributed by atoms with E-state index in [0.29, 0.717) is 24.8 Å². The van der Waals surface area contributed by atoms with Gasteiger partial charge in [0.05, 0.1) is 5.69 Å². The molecule has 1 aliphatic heterocycles. The third kappa shape index (κ3) is 2.84. The lowest BCUT2D eigenvalue weighted by Gasteiger charge is -2.35. The molecule has 4 heteroatoms.